The van der Waals surface area contributed by atoms with E-state index in [0.717, 1.165) is 103 Å². The topological polar surface area (TPSA) is 78.9 Å². The monoisotopic (exact) mass is 841 g/mol. The zero-order valence-corrected chi connectivity index (χ0v) is 38.6. The van der Waals surface area contributed by atoms with Gasteiger partial charge in [0.2, 0.25) is 0 Å². The summed E-state index contributed by atoms with van der Waals surface area (Å²) in [7, 11) is 0. The fraction of sp³-hybridized carbons (Fsp3) is 0.545. The minimum absolute atomic E-state index is 0.123. The molecule has 0 saturated heterocycles. The van der Waals surface area contributed by atoms with Gasteiger partial charge in [0.25, 0.3) is 0 Å². The lowest BCUT2D eigenvalue weighted by atomic mass is 10.1. The predicted molar refractivity (Wildman–Crippen MR) is 260 cm³/mol. The Balaban J connectivity index is 4.59. The van der Waals surface area contributed by atoms with Crippen molar-refractivity contribution >= 4 is 17.9 Å². The summed E-state index contributed by atoms with van der Waals surface area (Å²) >= 11 is 0. The molecule has 0 fully saturated rings. The summed E-state index contributed by atoms with van der Waals surface area (Å²) in [5.41, 5.74) is 0. The Morgan fingerprint density at radius 1 is 0.344 bits per heavy atom. The standard InChI is InChI=1S/C55H84O6/c1-4-7-10-13-16-19-22-25-27-30-33-36-39-42-45-48-54(57)60-51-52(50-59-53(56)47-44-41-38-35-32-29-24-21-18-15-12-9-6-3)61-55(58)49-46-43-40-37-34-31-28-26-23-20-17-14-11-8-5-2/h7,9-10,12-13,15-27,29-30,32-33,52H,4-6,8,11,14,28,31,34-51H2,1-3H3/b10-7+,12-9+,16-13+,18-15+,20-17+,22-19+,24-21+,26-23+,27-25+,32-29+,33-30+. The Bertz CT molecular complexity index is 1380. The van der Waals surface area contributed by atoms with Gasteiger partial charge in [-0.2, -0.15) is 0 Å². The van der Waals surface area contributed by atoms with Crippen molar-refractivity contribution in [1.82, 2.24) is 0 Å². The minimum Gasteiger partial charge on any atom is -0.462 e. The molecule has 0 bridgehead atoms. The van der Waals surface area contributed by atoms with Crippen LogP contribution in [0.2, 0.25) is 0 Å². The van der Waals surface area contributed by atoms with Crippen molar-refractivity contribution in [2.75, 3.05) is 13.2 Å². The number of rotatable bonds is 40. The first-order valence-corrected chi connectivity index (χ1v) is 23.8. The summed E-state index contributed by atoms with van der Waals surface area (Å²) < 4.78 is 16.7. The number of carbonyl (C=O) groups is 3. The van der Waals surface area contributed by atoms with Crippen LogP contribution in [0.25, 0.3) is 0 Å². The van der Waals surface area contributed by atoms with Crippen LogP contribution >= 0.6 is 0 Å². The van der Waals surface area contributed by atoms with Crippen LogP contribution in [-0.4, -0.2) is 37.2 Å². The maximum Gasteiger partial charge on any atom is 0.306 e. The maximum atomic E-state index is 12.8. The largest absolute Gasteiger partial charge is 0.462 e. The van der Waals surface area contributed by atoms with E-state index in [-0.39, 0.29) is 37.5 Å². The molecule has 340 valence electrons. The van der Waals surface area contributed by atoms with Crippen molar-refractivity contribution in [3.63, 3.8) is 0 Å². The van der Waals surface area contributed by atoms with Gasteiger partial charge in [0.15, 0.2) is 6.10 Å². The number of esters is 3. The molecule has 0 amide bonds. The van der Waals surface area contributed by atoms with Gasteiger partial charge >= 0.3 is 17.9 Å². The van der Waals surface area contributed by atoms with Crippen LogP contribution in [0.3, 0.4) is 0 Å². The molecule has 0 aromatic heterocycles. The molecular weight excluding hydrogens is 757 g/mol. The van der Waals surface area contributed by atoms with E-state index in [2.05, 4.69) is 69.4 Å². The molecule has 0 aliphatic heterocycles. The number of ether oxygens (including phenoxy) is 3. The Kier molecular flexibility index (Phi) is 44.7. The van der Waals surface area contributed by atoms with Gasteiger partial charge in [-0.05, 0) is 83.5 Å². The average Bonchev–Trinajstić information content (AvgIpc) is 3.26. The first-order valence-electron chi connectivity index (χ1n) is 23.8. The van der Waals surface area contributed by atoms with Gasteiger partial charge in [0.05, 0.1) is 0 Å². The van der Waals surface area contributed by atoms with Crippen molar-refractivity contribution in [1.29, 1.82) is 0 Å². The lowest BCUT2D eigenvalue weighted by Gasteiger charge is -2.18. The van der Waals surface area contributed by atoms with Crippen molar-refractivity contribution in [3.8, 4) is 0 Å². The Morgan fingerprint density at radius 3 is 1.03 bits per heavy atom. The third kappa shape index (κ3) is 46.5. The Morgan fingerprint density at radius 2 is 0.639 bits per heavy atom. The lowest BCUT2D eigenvalue weighted by Crippen LogP contribution is -2.30. The molecule has 0 aliphatic carbocycles. The van der Waals surface area contributed by atoms with Crippen molar-refractivity contribution in [2.45, 2.75) is 181 Å². The highest BCUT2D eigenvalue weighted by Crippen LogP contribution is 2.12. The molecule has 61 heavy (non-hydrogen) atoms. The number of carbonyl (C=O) groups excluding carboxylic acids is 3. The van der Waals surface area contributed by atoms with Gasteiger partial charge < -0.3 is 14.2 Å². The molecule has 0 spiro atoms. The molecule has 6 heteroatoms. The quantitative estimate of drug-likeness (QED) is 0.0265. The fourth-order valence-electron chi connectivity index (χ4n) is 5.81. The van der Waals surface area contributed by atoms with Crippen molar-refractivity contribution < 1.29 is 28.6 Å². The van der Waals surface area contributed by atoms with Crippen LogP contribution in [0, 0.1) is 0 Å². The van der Waals surface area contributed by atoms with Gasteiger partial charge in [0, 0.05) is 19.3 Å². The molecule has 0 N–H and O–H groups in total. The van der Waals surface area contributed by atoms with E-state index in [0.29, 0.717) is 12.8 Å². The second kappa shape index (κ2) is 48.2. The van der Waals surface area contributed by atoms with E-state index < -0.39 is 6.10 Å². The first-order chi connectivity index (χ1) is 30.0. The van der Waals surface area contributed by atoms with E-state index in [4.69, 9.17) is 14.2 Å². The molecule has 0 aromatic rings. The van der Waals surface area contributed by atoms with Crippen LogP contribution < -0.4 is 0 Å². The number of hydrogen-bond donors (Lipinski definition) is 0. The van der Waals surface area contributed by atoms with E-state index in [1.54, 1.807) is 0 Å². The molecule has 1 atom stereocenters. The number of allylic oxidation sites excluding steroid dienone is 22. The molecule has 0 radical (unpaired) electrons. The molecule has 0 saturated carbocycles. The smallest absolute Gasteiger partial charge is 0.306 e. The summed E-state index contributed by atoms with van der Waals surface area (Å²) in [5, 5.41) is 0. The molecule has 0 heterocycles. The highest BCUT2D eigenvalue weighted by Gasteiger charge is 2.19. The molecular formula is C55H84O6. The van der Waals surface area contributed by atoms with Gasteiger partial charge in [-0.15, -0.1) is 0 Å². The predicted octanol–water partition coefficient (Wildman–Crippen LogP) is 15.5. The third-order valence-corrected chi connectivity index (χ3v) is 9.37. The number of hydrogen-bond acceptors (Lipinski definition) is 6. The summed E-state index contributed by atoms with van der Waals surface area (Å²) in [6.45, 7) is 6.21. The van der Waals surface area contributed by atoms with Gasteiger partial charge in [-0.25, -0.2) is 0 Å². The van der Waals surface area contributed by atoms with E-state index in [1.807, 2.05) is 85.1 Å². The molecule has 0 rings (SSSR count). The summed E-state index contributed by atoms with van der Waals surface area (Å²) in [4.78, 5) is 37.9. The van der Waals surface area contributed by atoms with E-state index in [9.17, 15) is 14.4 Å². The van der Waals surface area contributed by atoms with Crippen molar-refractivity contribution in [3.05, 3.63) is 134 Å². The lowest BCUT2D eigenvalue weighted by molar-refractivity contribution is -0.167. The maximum absolute atomic E-state index is 12.8. The second-order valence-electron chi connectivity index (χ2n) is 15.1. The summed E-state index contributed by atoms with van der Waals surface area (Å²) in [6, 6.07) is 0. The van der Waals surface area contributed by atoms with Gasteiger partial charge in [-0.3, -0.25) is 14.4 Å². The van der Waals surface area contributed by atoms with Crippen LogP contribution in [0.15, 0.2) is 134 Å². The highest BCUT2D eigenvalue weighted by molar-refractivity contribution is 5.71. The van der Waals surface area contributed by atoms with E-state index >= 15 is 0 Å². The van der Waals surface area contributed by atoms with Crippen LogP contribution in [-0.2, 0) is 28.6 Å². The molecule has 1 unspecified atom stereocenters. The van der Waals surface area contributed by atoms with E-state index in [1.165, 1.54) is 32.1 Å². The molecule has 0 aromatic carbocycles. The minimum atomic E-state index is -0.822. The fourth-order valence-corrected chi connectivity index (χ4v) is 5.81. The zero-order valence-electron chi connectivity index (χ0n) is 38.6. The Labute approximate surface area is 373 Å². The third-order valence-electron chi connectivity index (χ3n) is 9.37. The van der Waals surface area contributed by atoms with Crippen molar-refractivity contribution in [2.24, 2.45) is 0 Å². The van der Waals surface area contributed by atoms with Gasteiger partial charge in [-0.1, -0.05) is 206 Å². The van der Waals surface area contributed by atoms with Crippen LogP contribution in [0.4, 0.5) is 0 Å². The molecule has 0 aliphatic rings. The highest BCUT2D eigenvalue weighted by atomic mass is 16.6. The summed E-state index contributed by atoms with van der Waals surface area (Å²) in [6.07, 6.45) is 67.1. The Hall–Kier alpha value is -4.45. The normalized spacial score (nSPS) is 13.3. The first kappa shape index (κ1) is 56.5. The van der Waals surface area contributed by atoms with Crippen LogP contribution in [0.1, 0.15) is 175 Å². The SMILES string of the molecule is CC/C=C/C=C/C=C/C=C/C=C/CCCCCC(=O)OCC(COC(=O)CCCCC/C=C/C=C/C=C/C=C/CC)OC(=O)CCCCCCCC/C=C/C=C/CCCCC. The second-order valence-corrected chi connectivity index (χ2v) is 15.1. The number of unbranched alkanes of at least 4 members (excludes halogenated alkanes) is 15. The summed E-state index contributed by atoms with van der Waals surface area (Å²) in [5.74, 6) is -1.03. The average molecular weight is 841 g/mol. The molecule has 6 nitrogen and oxygen atoms in total. The van der Waals surface area contributed by atoms with Gasteiger partial charge in [0.1, 0.15) is 13.2 Å². The zero-order chi connectivity index (χ0) is 44.4. The van der Waals surface area contributed by atoms with Crippen LogP contribution in [0.5, 0.6) is 0 Å².